The zero-order valence-electron chi connectivity index (χ0n) is 5.68. The molecule has 1 unspecified atom stereocenters. The van der Waals surface area contributed by atoms with Gasteiger partial charge in [0.1, 0.15) is 0 Å². The molecule has 1 aliphatic rings. The van der Waals surface area contributed by atoms with Crippen LogP contribution in [-0.4, -0.2) is 13.1 Å². The number of carbonyl (C=O) groups is 1. The Labute approximate surface area is 54.5 Å². The quantitative estimate of drug-likeness (QED) is 0.389. The van der Waals surface area contributed by atoms with Gasteiger partial charge in [0, 0.05) is 0 Å². The van der Waals surface area contributed by atoms with E-state index in [1.54, 1.807) is 0 Å². The lowest BCUT2D eigenvalue weighted by atomic mass is 9.78. The van der Waals surface area contributed by atoms with Crippen LogP contribution in [0.4, 0.5) is 0 Å². The molecule has 0 aromatic heterocycles. The predicted molar refractivity (Wildman–Crippen MR) is 33.9 cm³/mol. The van der Waals surface area contributed by atoms with Crippen molar-refractivity contribution in [1.29, 1.82) is 0 Å². The number of esters is 1. The monoisotopic (exact) mass is 126 g/mol. The number of rotatable bonds is 1. The molecule has 0 spiro atoms. The van der Waals surface area contributed by atoms with E-state index < -0.39 is 0 Å². The Morgan fingerprint density at radius 1 is 1.78 bits per heavy atom. The standard InChI is InChI=1S/C7H10O2/c1-7(4-3-5-7)6(8)9-2/h3-4H,5H2,1-2H3. The first-order valence-electron chi connectivity index (χ1n) is 2.95. The second-order valence-electron chi connectivity index (χ2n) is 2.52. The maximum absolute atomic E-state index is 10.8. The van der Waals surface area contributed by atoms with Gasteiger partial charge in [-0.25, -0.2) is 0 Å². The molecule has 0 bridgehead atoms. The average Bonchev–Trinajstić information content (AvgIpc) is 1.81. The Balaban J connectivity index is 2.61. The molecule has 2 heteroatoms. The smallest absolute Gasteiger partial charge is 0.315 e. The predicted octanol–water partition coefficient (Wildman–Crippen LogP) is 1.13. The van der Waals surface area contributed by atoms with Gasteiger partial charge >= 0.3 is 5.97 Å². The highest BCUT2D eigenvalue weighted by Gasteiger charge is 2.34. The Kier molecular flexibility index (Phi) is 1.31. The summed E-state index contributed by atoms with van der Waals surface area (Å²) < 4.78 is 4.57. The van der Waals surface area contributed by atoms with Gasteiger partial charge in [0.2, 0.25) is 0 Å². The molecule has 1 aliphatic carbocycles. The first-order chi connectivity index (χ1) is 4.19. The van der Waals surface area contributed by atoms with Crippen LogP contribution >= 0.6 is 0 Å². The zero-order valence-corrected chi connectivity index (χ0v) is 5.68. The normalized spacial score (nSPS) is 31.3. The van der Waals surface area contributed by atoms with Gasteiger partial charge in [0.05, 0.1) is 12.5 Å². The van der Waals surface area contributed by atoms with Crippen LogP contribution in [0, 0.1) is 5.41 Å². The minimum atomic E-state index is -0.311. The summed E-state index contributed by atoms with van der Waals surface area (Å²) in [5.41, 5.74) is -0.311. The molecule has 0 saturated heterocycles. The molecule has 0 aromatic rings. The minimum absolute atomic E-state index is 0.134. The van der Waals surface area contributed by atoms with E-state index in [1.165, 1.54) is 7.11 Å². The number of hydrogen-bond acceptors (Lipinski definition) is 2. The highest BCUT2D eigenvalue weighted by molar-refractivity contribution is 5.80. The van der Waals surface area contributed by atoms with Gasteiger partial charge in [0.25, 0.3) is 0 Å². The first-order valence-corrected chi connectivity index (χ1v) is 2.95. The maximum atomic E-state index is 10.8. The van der Waals surface area contributed by atoms with Crippen LogP contribution < -0.4 is 0 Å². The van der Waals surface area contributed by atoms with E-state index in [2.05, 4.69) is 4.74 Å². The SMILES string of the molecule is COC(=O)C1(C)C=CC1. The van der Waals surface area contributed by atoms with Crippen molar-refractivity contribution in [3.63, 3.8) is 0 Å². The lowest BCUT2D eigenvalue weighted by Crippen LogP contribution is -2.30. The lowest BCUT2D eigenvalue weighted by Gasteiger charge is -2.27. The van der Waals surface area contributed by atoms with E-state index in [0.717, 1.165) is 6.42 Å². The second-order valence-corrected chi connectivity index (χ2v) is 2.52. The summed E-state index contributed by atoms with van der Waals surface area (Å²) in [6.45, 7) is 1.87. The molecule has 0 aliphatic heterocycles. The van der Waals surface area contributed by atoms with Crippen LogP contribution in [-0.2, 0) is 9.53 Å². The van der Waals surface area contributed by atoms with Crippen molar-refractivity contribution < 1.29 is 9.53 Å². The molecule has 0 radical (unpaired) electrons. The van der Waals surface area contributed by atoms with Gasteiger partial charge in [-0.05, 0) is 13.3 Å². The molecule has 1 rings (SSSR count). The topological polar surface area (TPSA) is 26.3 Å². The van der Waals surface area contributed by atoms with Crippen LogP contribution in [0.5, 0.6) is 0 Å². The van der Waals surface area contributed by atoms with Crippen molar-refractivity contribution in [3.8, 4) is 0 Å². The number of ether oxygens (including phenoxy) is 1. The fourth-order valence-corrected chi connectivity index (χ4v) is 0.856. The van der Waals surface area contributed by atoms with E-state index >= 15 is 0 Å². The van der Waals surface area contributed by atoms with Crippen molar-refractivity contribution in [2.45, 2.75) is 13.3 Å². The Morgan fingerprint density at radius 3 is 2.44 bits per heavy atom. The molecule has 0 N–H and O–H groups in total. The number of allylic oxidation sites excluding steroid dienone is 1. The molecule has 0 fully saturated rings. The molecule has 1 atom stereocenters. The largest absolute Gasteiger partial charge is 0.468 e. The van der Waals surface area contributed by atoms with Crippen LogP contribution in [0.15, 0.2) is 12.2 Å². The van der Waals surface area contributed by atoms with E-state index in [9.17, 15) is 4.79 Å². The van der Waals surface area contributed by atoms with E-state index in [4.69, 9.17) is 0 Å². The summed E-state index contributed by atoms with van der Waals surface area (Å²) >= 11 is 0. The van der Waals surface area contributed by atoms with Crippen molar-refractivity contribution in [1.82, 2.24) is 0 Å². The summed E-state index contributed by atoms with van der Waals surface area (Å²) in [6, 6.07) is 0. The fourth-order valence-electron chi connectivity index (χ4n) is 0.856. The van der Waals surface area contributed by atoms with E-state index in [-0.39, 0.29) is 11.4 Å². The van der Waals surface area contributed by atoms with Gasteiger partial charge in [-0.1, -0.05) is 12.2 Å². The summed E-state index contributed by atoms with van der Waals surface area (Å²) in [7, 11) is 1.42. The third-order valence-corrected chi connectivity index (χ3v) is 1.68. The maximum Gasteiger partial charge on any atom is 0.315 e. The first kappa shape index (κ1) is 6.33. The van der Waals surface area contributed by atoms with Gasteiger partial charge in [-0.15, -0.1) is 0 Å². The lowest BCUT2D eigenvalue weighted by molar-refractivity contribution is -0.149. The number of methoxy groups -OCH3 is 1. The Hall–Kier alpha value is -0.790. The molecule has 50 valence electrons. The molecular weight excluding hydrogens is 116 g/mol. The van der Waals surface area contributed by atoms with Crippen LogP contribution in [0.2, 0.25) is 0 Å². The Morgan fingerprint density at radius 2 is 2.33 bits per heavy atom. The van der Waals surface area contributed by atoms with Crippen LogP contribution in [0.1, 0.15) is 13.3 Å². The summed E-state index contributed by atoms with van der Waals surface area (Å²) in [6.07, 6.45) is 4.66. The van der Waals surface area contributed by atoms with Crippen LogP contribution in [0.3, 0.4) is 0 Å². The summed E-state index contributed by atoms with van der Waals surface area (Å²) in [4.78, 5) is 10.8. The molecular formula is C7H10O2. The molecule has 9 heavy (non-hydrogen) atoms. The molecule has 0 saturated carbocycles. The zero-order chi connectivity index (χ0) is 6.91. The van der Waals surface area contributed by atoms with E-state index in [1.807, 2.05) is 19.1 Å². The molecule has 0 amide bonds. The Bertz CT molecular complexity index is 160. The summed E-state index contributed by atoms with van der Waals surface area (Å²) in [5.74, 6) is -0.134. The van der Waals surface area contributed by atoms with Gasteiger partial charge in [-0.2, -0.15) is 0 Å². The van der Waals surface area contributed by atoms with Gasteiger partial charge in [0.15, 0.2) is 0 Å². The third-order valence-electron chi connectivity index (χ3n) is 1.68. The van der Waals surface area contributed by atoms with Gasteiger partial charge < -0.3 is 4.74 Å². The van der Waals surface area contributed by atoms with Crippen molar-refractivity contribution in [2.24, 2.45) is 5.41 Å². The average molecular weight is 126 g/mol. The molecule has 0 aromatic carbocycles. The van der Waals surface area contributed by atoms with E-state index in [0.29, 0.717) is 0 Å². The highest BCUT2D eigenvalue weighted by atomic mass is 16.5. The fraction of sp³-hybridized carbons (Fsp3) is 0.571. The van der Waals surface area contributed by atoms with Crippen molar-refractivity contribution >= 4 is 5.97 Å². The second kappa shape index (κ2) is 1.87. The summed E-state index contributed by atoms with van der Waals surface area (Å²) in [5, 5.41) is 0. The van der Waals surface area contributed by atoms with Crippen molar-refractivity contribution in [2.75, 3.05) is 7.11 Å². The molecule has 0 heterocycles. The highest BCUT2D eigenvalue weighted by Crippen LogP contribution is 2.33. The van der Waals surface area contributed by atoms with Gasteiger partial charge in [-0.3, -0.25) is 4.79 Å². The van der Waals surface area contributed by atoms with Crippen LogP contribution in [0.25, 0.3) is 0 Å². The minimum Gasteiger partial charge on any atom is -0.468 e. The number of hydrogen-bond donors (Lipinski definition) is 0. The number of carbonyl (C=O) groups excluding carboxylic acids is 1. The van der Waals surface area contributed by atoms with Crippen molar-refractivity contribution in [3.05, 3.63) is 12.2 Å². The third kappa shape index (κ3) is 0.846. The molecule has 2 nitrogen and oxygen atoms in total.